The average Bonchev–Trinajstić information content (AvgIpc) is 2.83. The largest absolute Gasteiger partial charge is 0.314 e. The van der Waals surface area contributed by atoms with Crippen molar-refractivity contribution in [2.24, 2.45) is 0 Å². The third kappa shape index (κ3) is 3.07. The summed E-state index contributed by atoms with van der Waals surface area (Å²) in [5.74, 6) is -1.84. The first-order valence-corrected chi connectivity index (χ1v) is 10.3. The molecule has 4 aliphatic rings. The van der Waals surface area contributed by atoms with Crippen LogP contribution < -0.4 is 10.6 Å². The lowest BCUT2D eigenvalue weighted by molar-refractivity contribution is -0.136. The Morgan fingerprint density at radius 1 is 0.966 bits per heavy atom. The van der Waals surface area contributed by atoms with E-state index in [1.807, 2.05) is 6.07 Å². The van der Waals surface area contributed by atoms with E-state index >= 15 is 0 Å². The van der Waals surface area contributed by atoms with Gasteiger partial charge in [0.15, 0.2) is 0 Å². The Hall–Kier alpha value is -2.58. The lowest BCUT2D eigenvalue weighted by Crippen LogP contribution is -2.60. The predicted octanol–water partition coefficient (Wildman–Crippen LogP) is 0.414. The van der Waals surface area contributed by atoms with E-state index in [9.17, 15) is 19.2 Å². The second-order valence-electron chi connectivity index (χ2n) is 8.40. The zero-order valence-corrected chi connectivity index (χ0v) is 16.1. The van der Waals surface area contributed by atoms with E-state index < -0.39 is 23.8 Å². The Kier molecular flexibility index (Phi) is 4.48. The summed E-state index contributed by atoms with van der Waals surface area (Å²) in [4.78, 5) is 52.9. The van der Waals surface area contributed by atoms with E-state index in [4.69, 9.17) is 0 Å². The molecule has 2 saturated heterocycles. The summed E-state index contributed by atoms with van der Waals surface area (Å²) >= 11 is 0. The summed E-state index contributed by atoms with van der Waals surface area (Å²) < 4.78 is 0. The third-order valence-electron chi connectivity index (χ3n) is 6.64. The van der Waals surface area contributed by atoms with Gasteiger partial charge < -0.3 is 5.32 Å². The molecule has 8 heteroatoms. The number of piperidine rings is 1. The topological polar surface area (TPSA) is 98.8 Å². The van der Waals surface area contributed by atoms with Crippen LogP contribution in [0.4, 0.5) is 0 Å². The summed E-state index contributed by atoms with van der Waals surface area (Å²) in [6, 6.07) is 5.61. The van der Waals surface area contributed by atoms with Crippen LogP contribution in [0.3, 0.4) is 0 Å². The highest BCUT2D eigenvalue weighted by Gasteiger charge is 2.44. The predicted molar refractivity (Wildman–Crippen MR) is 103 cm³/mol. The second kappa shape index (κ2) is 7.03. The molecule has 1 atom stereocenters. The molecule has 5 rings (SSSR count). The molecule has 2 N–H and O–H groups in total. The Labute approximate surface area is 168 Å². The van der Waals surface area contributed by atoms with Crippen LogP contribution in [-0.4, -0.2) is 64.6 Å². The number of amides is 4. The van der Waals surface area contributed by atoms with Crippen LogP contribution in [0.2, 0.25) is 0 Å². The van der Waals surface area contributed by atoms with Crippen molar-refractivity contribution in [2.75, 3.05) is 13.1 Å². The van der Waals surface area contributed by atoms with Crippen molar-refractivity contribution >= 4 is 23.6 Å². The van der Waals surface area contributed by atoms with E-state index in [-0.39, 0.29) is 18.7 Å². The summed E-state index contributed by atoms with van der Waals surface area (Å²) in [6.45, 7) is 2.73. The summed E-state index contributed by atoms with van der Waals surface area (Å²) in [5, 5.41) is 5.55. The molecule has 0 aromatic heterocycles. The first-order valence-electron chi connectivity index (χ1n) is 10.3. The fourth-order valence-corrected chi connectivity index (χ4v) is 4.61. The van der Waals surface area contributed by atoms with Crippen LogP contribution >= 0.6 is 0 Å². The van der Waals surface area contributed by atoms with Gasteiger partial charge in [-0.05, 0) is 37.0 Å². The van der Waals surface area contributed by atoms with Gasteiger partial charge in [-0.25, -0.2) is 0 Å². The minimum atomic E-state index is -0.920. The highest BCUT2D eigenvalue weighted by molar-refractivity contribution is 6.23. The molecule has 1 saturated carbocycles. The lowest BCUT2D eigenvalue weighted by Gasteiger charge is -2.46. The number of rotatable bonds is 5. The van der Waals surface area contributed by atoms with Crippen molar-refractivity contribution in [3.8, 4) is 0 Å². The highest BCUT2D eigenvalue weighted by Crippen LogP contribution is 2.32. The molecular weight excluding hydrogens is 372 g/mol. The van der Waals surface area contributed by atoms with Crippen molar-refractivity contribution < 1.29 is 19.2 Å². The number of hydrogen-bond donors (Lipinski definition) is 2. The van der Waals surface area contributed by atoms with Crippen molar-refractivity contribution in [2.45, 2.75) is 56.8 Å². The van der Waals surface area contributed by atoms with Gasteiger partial charge in [0, 0.05) is 38.1 Å². The van der Waals surface area contributed by atoms with Crippen molar-refractivity contribution in [3.63, 3.8) is 0 Å². The number of carbonyl (C=O) groups excluding carboxylic acids is 4. The number of nitrogens with one attached hydrogen (secondary N) is 2. The smallest absolute Gasteiger partial charge is 0.262 e. The molecule has 0 spiro atoms. The molecule has 1 aliphatic carbocycles. The number of fused-ring (bicyclic) bond motifs is 1. The van der Waals surface area contributed by atoms with E-state index in [0.29, 0.717) is 23.2 Å². The maximum atomic E-state index is 13.0. The van der Waals surface area contributed by atoms with Crippen LogP contribution in [0.25, 0.3) is 0 Å². The average molecular weight is 396 g/mol. The molecule has 29 heavy (non-hydrogen) atoms. The summed E-state index contributed by atoms with van der Waals surface area (Å²) in [6.07, 6.45) is 3.98. The SMILES string of the molecule is O=C1CCC(N2C(=O)c3ccc(CN(C4CCC4)C4CNC4)cc3C2=O)C(=O)N1. The molecule has 1 unspecified atom stereocenters. The molecule has 1 aromatic carbocycles. The van der Waals surface area contributed by atoms with Crippen LogP contribution in [0.5, 0.6) is 0 Å². The molecule has 8 nitrogen and oxygen atoms in total. The number of nitrogens with zero attached hydrogens (tertiary/aromatic N) is 2. The van der Waals surface area contributed by atoms with Gasteiger partial charge in [-0.1, -0.05) is 12.5 Å². The zero-order valence-electron chi connectivity index (χ0n) is 16.1. The van der Waals surface area contributed by atoms with Gasteiger partial charge in [-0.15, -0.1) is 0 Å². The van der Waals surface area contributed by atoms with Gasteiger partial charge >= 0.3 is 0 Å². The van der Waals surface area contributed by atoms with Gasteiger partial charge in [0.25, 0.3) is 11.8 Å². The Bertz CT molecular complexity index is 892. The Morgan fingerprint density at radius 2 is 1.72 bits per heavy atom. The van der Waals surface area contributed by atoms with Crippen LogP contribution in [0.1, 0.15) is 58.4 Å². The fraction of sp³-hybridized carbons (Fsp3) is 0.524. The standard InChI is InChI=1S/C21H24N4O4/c26-18-7-6-17(19(27)23-18)25-20(28)15-5-4-12(8-16(15)21(25)29)11-24(13-2-1-3-13)14-9-22-10-14/h4-5,8,13-14,17,22H,1-3,6-7,9-11H2,(H,23,26,27). The normalized spacial score (nSPS) is 25.1. The maximum Gasteiger partial charge on any atom is 0.262 e. The van der Waals surface area contributed by atoms with Gasteiger partial charge in [-0.3, -0.25) is 34.3 Å². The zero-order chi connectivity index (χ0) is 20.1. The van der Waals surface area contributed by atoms with Gasteiger partial charge in [0.05, 0.1) is 11.1 Å². The molecule has 3 heterocycles. The number of benzene rings is 1. The van der Waals surface area contributed by atoms with Crippen LogP contribution in [-0.2, 0) is 16.1 Å². The molecule has 152 valence electrons. The summed E-state index contributed by atoms with van der Waals surface area (Å²) in [7, 11) is 0. The molecule has 4 amide bonds. The molecule has 1 aromatic rings. The van der Waals surface area contributed by atoms with Gasteiger partial charge in [0.2, 0.25) is 11.8 Å². The van der Waals surface area contributed by atoms with Crippen LogP contribution in [0.15, 0.2) is 18.2 Å². The quantitative estimate of drug-likeness (QED) is 0.700. The maximum absolute atomic E-state index is 13.0. The monoisotopic (exact) mass is 396 g/mol. The van der Waals surface area contributed by atoms with Gasteiger partial charge in [-0.2, -0.15) is 0 Å². The van der Waals surface area contributed by atoms with Crippen molar-refractivity contribution in [1.82, 2.24) is 20.4 Å². The molecule has 3 aliphatic heterocycles. The first kappa shape index (κ1) is 18.4. The second-order valence-corrected chi connectivity index (χ2v) is 8.40. The number of hydrogen-bond acceptors (Lipinski definition) is 6. The molecular formula is C21H24N4O4. The lowest BCUT2D eigenvalue weighted by atomic mass is 9.89. The highest BCUT2D eigenvalue weighted by atomic mass is 16.2. The number of imide groups is 2. The first-order chi connectivity index (χ1) is 14.0. The third-order valence-corrected chi connectivity index (χ3v) is 6.64. The fourth-order valence-electron chi connectivity index (χ4n) is 4.61. The minimum absolute atomic E-state index is 0.126. The van der Waals surface area contributed by atoms with E-state index in [1.54, 1.807) is 12.1 Å². The molecule has 0 bridgehead atoms. The Morgan fingerprint density at radius 3 is 2.34 bits per heavy atom. The Balaban J connectivity index is 1.38. The van der Waals surface area contributed by atoms with Gasteiger partial charge in [0.1, 0.15) is 6.04 Å². The van der Waals surface area contributed by atoms with E-state index in [2.05, 4.69) is 15.5 Å². The van der Waals surface area contributed by atoms with E-state index in [1.165, 1.54) is 19.3 Å². The molecule has 0 radical (unpaired) electrons. The minimum Gasteiger partial charge on any atom is -0.314 e. The van der Waals surface area contributed by atoms with Crippen molar-refractivity contribution in [3.05, 3.63) is 34.9 Å². The van der Waals surface area contributed by atoms with Crippen molar-refractivity contribution in [1.29, 1.82) is 0 Å². The van der Waals surface area contributed by atoms with Crippen LogP contribution in [0, 0.1) is 0 Å². The number of carbonyl (C=O) groups is 4. The van der Waals surface area contributed by atoms with E-state index in [0.717, 1.165) is 30.1 Å². The molecule has 3 fully saturated rings. The summed E-state index contributed by atoms with van der Waals surface area (Å²) in [5.41, 5.74) is 1.70.